The van der Waals surface area contributed by atoms with E-state index >= 15 is 0 Å². The van der Waals surface area contributed by atoms with Gasteiger partial charge >= 0.3 is 0 Å². The number of hydrogen-bond donors (Lipinski definition) is 4. The summed E-state index contributed by atoms with van der Waals surface area (Å²) in [5, 5.41) is 21.9. The number of nitrogens with zero attached hydrogens (tertiary/aromatic N) is 3. The molecule has 12 heteroatoms. The molecule has 5 N–H and O–H groups in total. The summed E-state index contributed by atoms with van der Waals surface area (Å²) in [6.45, 7) is 9.40. The van der Waals surface area contributed by atoms with Crippen molar-refractivity contribution in [3.05, 3.63) is 52.6 Å². The number of carbonyl (C=O) groups excluding carboxylic acids is 1. The molecule has 0 saturated carbocycles. The third-order valence-corrected chi connectivity index (χ3v) is 11.5. The van der Waals surface area contributed by atoms with Gasteiger partial charge in [0.2, 0.25) is 5.95 Å². The number of Topliss-reactive ketones (excluding diaryl/α,β-unsaturated/α-hetero) is 1. The van der Waals surface area contributed by atoms with Gasteiger partial charge in [0.25, 0.3) is 5.56 Å². The number of H-pyrrole nitrogens is 1. The summed E-state index contributed by atoms with van der Waals surface area (Å²) in [4.78, 5) is 36.8. The van der Waals surface area contributed by atoms with E-state index in [1.54, 1.807) is 30.3 Å². The molecular formula is C23H31N5O6Si. The number of benzene rings is 1. The van der Waals surface area contributed by atoms with Crippen LogP contribution in [-0.4, -0.2) is 68.2 Å². The minimum Gasteiger partial charge on any atom is -0.406 e. The molecule has 188 valence electrons. The van der Waals surface area contributed by atoms with Gasteiger partial charge in [-0.15, -0.1) is 0 Å². The third kappa shape index (κ3) is 4.10. The van der Waals surface area contributed by atoms with Crippen molar-refractivity contribution in [2.24, 2.45) is 0 Å². The molecule has 3 aromatic rings. The first-order valence-electron chi connectivity index (χ1n) is 11.3. The Bertz CT molecular complexity index is 1300. The van der Waals surface area contributed by atoms with E-state index in [0.29, 0.717) is 0 Å². The summed E-state index contributed by atoms with van der Waals surface area (Å²) in [7, 11) is -2.61. The number of carbonyl (C=O) groups is 1. The van der Waals surface area contributed by atoms with Crippen LogP contribution < -0.4 is 11.3 Å². The Balaban J connectivity index is 1.91. The number of nitrogens with one attached hydrogen (secondary N) is 1. The zero-order valence-corrected chi connectivity index (χ0v) is 21.3. The Kier molecular flexibility index (Phi) is 6.22. The lowest BCUT2D eigenvalue weighted by molar-refractivity contribution is -0.0691. The quantitative estimate of drug-likeness (QED) is 0.290. The van der Waals surface area contributed by atoms with Gasteiger partial charge in [-0.3, -0.25) is 19.1 Å². The average Bonchev–Trinajstić information content (AvgIpc) is 3.32. The number of ether oxygens (including phenoxy) is 1. The van der Waals surface area contributed by atoms with E-state index in [9.17, 15) is 19.8 Å². The third-order valence-electron chi connectivity index (χ3n) is 7.01. The van der Waals surface area contributed by atoms with Crippen LogP contribution in [0.1, 0.15) is 37.4 Å². The van der Waals surface area contributed by atoms with Crippen molar-refractivity contribution in [2.75, 3.05) is 12.3 Å². The second-order valence-corrected chi connectivity index (χ2v) is 15.0. The highest BCUT2D eigenvalue weighted by atomic mass is 28.4. The van der Waals surface area contributed by atoms with E-state index < -0.39 is 50.3 Å². The molecule has 0 aliphatic carbocycles. The Morgan fingerprint density at radius 2 is 1.97 bits per heavy atom. The Morgan fingerprint density at radius 3 is 2.57 bits per heavy atom. The number of hydrogen-bond acceptors (Lipinski definition) is 9. The van der Waals surface area contributed by atoms with Crippen LogP contribution in [0.15, 0.2) is 41.5 Å². The average molecular weight is 502 g/mol. The molecule has 4 atom stereocenters. The number of nitrogen functional groups attached to an aromatic ring is 1. The van der Waals surface area contributed by atoms with Gasteiger partial charge in [0.15, 0.2) is 37.1 Å². The van der Waals surface area contributed by atoms with E-state index in [4.69, 9.17) is 14.9 Å². The fourth-order valence-electron chi connectivity index (χ4n) is 4.01. The lowest BCUT2D eigenvalue weighted by Gasteiger charge is -2.42. The van der Waals surface area contributed by atoms with Crippen molar-refractivity contribution in [1.82, 2.24) is 19.5 Å². The van der Waals surface area contributed by atoms with Gasteiger partial charge in [-0.25, -0.2) is 4.98 Å². The number of aromatic amines is 1. The van der Waals surface area contributed by atoms with Gasteiger partial charge < -0.3 is 25.1 Å². The normalized spacial score (nSPS) is 25.3. The van der Waals surface area contributed by atoms with Crippen LogP contribution in [0.2, 0.25) is 18.1 Å². The summed E-state index contributed by atoms with van der Waals surface area (Å²) in [6, 6.07) is 8.29. The summed E-state index contributed by atoms with van der Waals surface area (Å²) in [6.07, 6.45) is -2.36. The second-order valence-electron chi connectivity index (χ2n) is 10.3. The molecule has 11 nitrogen and oxygen atoms in total. The number of imidazole rings is 1. The fraction of sp³-hybridized carbons (Fsp3) is 0.478. The number of aromatic nitrogens is 4. The molecule has 4 rings (SSSR count). The van der Waals surface area contributed by atoms with Crippen LogP contribution in [0.25, 0.3) is 11.2 Å². The van der Waals surface area contributed by atoms with E-state index in [0.717, 1.165) is 0 Å². The highest BCUT2D eigenvalue weighted by molar-refractivity contribution is 6.74. The van der Waals surface area contributed by atoms with Crippen LogP contribution in [0, 0.1) is 0 Å². The molecule has 35 heavy (non-hydrogen) atoms. The molecule has 1 aliphatic rings. The van der Waals surface area contributed by atoms with E-state index in [1.807, 2.05) is 33.9 Å². The van der Waals surface area contributed by atoms with E-state index in [2.05, 4.69) is 15.0 Å². The second kappa shape index (κ2) is 8.64. The fourth-order valence-corrected chi connectivity index (χ4v) is 5.29. The number of nitrogens with two attached hydrogens (primary N) is 1. The first kappa shape index (κ1) is 25.2. The molecule has 0 bridgehead atoms. The van der Waals surface area contributed by atoms with Gasteiger partial charge in [-0.1, -0.05) is 51.1 Å². The zero-order chi connectivity index (χ0) is 25.8. The Hall–Kier alpha value is -2.90. The molecule has 1 aliphatic heterocycles. The van der Waals surface area contributed by atoms with Crippen molar-refractivity contribution < 1.29 is 24.2 Å². The summed E-state index contributed by atoms with van der Waals surface area (Å²) >= 11 is 0. The number of anilines is 1. The van der Waals surface area contributed by atoms with Crippen molar-refractivity contribution in [1.29, 1.82) is 0 Å². The van der Waals surface area contributed by atoms with Crippen molar-refractivity contribution in [3.8, 4) is 0 Å². The maximum atomic E-state index is 13.7. The molecule has 1 aromatic carbocycles. The highest BCUT2D eigenvalue weighted by Gasteiger charge is 2.63. The predicted octanol–water partition coefficient (Wildman–Crippen LogP) is 1.60. The molecule has 0 radical (unpaired) electrons. The molecule has 1 fully saturated rings. The minimum absolute atomic E-state index is 0.0132. The largest absolute Gasteiger partial charge is 0.406 e. The SMILES string of the molecule is CC(C)(C)[Si](C)(C)O[C@H]1[C@H](n2cnc3c(=O)[nH]c(N)nc32)O[C@H](CO)[C@]1(O)C(=O)c1ccccc1. The van der Waals surface area contributed by atoms with Crippen molar-refractivity contribution in [3.63, 3.8) is 0 Å². The predicted molar refractivity (Wildman–Crippen MR) is 131 cm³/mol. The summed E-state index contributed by atoms with van der Waals surface area (Å²) in [5.41, 5.74) is 3.35. The number of ketones is 1. The first-order valence-corrected chi connectivity index (χ1v) is 14.2. The minimum atomic E-state index is -2.61. The Morgan fingerprint density at radius 1 is 1.31 bits per heavy atom. The molecule has 1 saturated heterocycles. The number of fused-ring (bicyclic) bond motifs is 1. The molecule has 0 unspecified atom stereocenters. The maximum Gasteiger partial charge on any atom is 0.280 e. The standard InChI is InChI=1S/C23H31N5O6Si/c1-22(2,3)35(4,5)34-17-20(28-12-25-15-18(28)26-21(24)27-19(15)31)33-14(11-29)23(17,32)16(30)13-9-7-6-8-10-13/h6-10,12,14,17,20,29,32H,11H2,1-5H3,(H3,24,26,27,31)/t14-,17+,20-,23+/m1/s1. The number of aliphatic hydroxyl groups excluding tert-OH is 1. The smallest absolute Gasteiger partial charge is 0.280 e. The van der Waals surface area contributed by atoms with Crippen LogP contribution >= 0.6 is 0 Å². The van der Waals surface area contributed by atoms with Gasteiger partial charge in [0.1, 0.15) is 12.2 Å². The van der Waals surface area contributed by atoms with Gasteiger partial charge in [-0.2, -0.15) is 4.98 Å². The molecule has 0 spiro atoms. The van der Waals surface area contributed by atoms with E-state index in [1.165, 1.54) is 10.9 Å². The first-order chi connectivity index (χ1) is 16.3. The Labute approximate surface area is 203 Å². The highest BCUT2D eigenvalue weighted by Crippen LogP contribution is 2.47. The number of aliphatic hydroxyl groups is 2. The number of rotatable bonds is 6. The summed E-state index contributed by atoms with van der Waals surface area (Å²) in [5.74, 6) is -0.767. The summed E-state index contributed by atoms with van der Waals surface area (Å²) < 4.78 is 14.1. The lowest BCUT2D eigenvalue weighted by atomic mass is 9.84. The van der Waals surface area contributed by atoms with Crippen molar-refractivity contribution in [2.45, 2.75) is 62.9 Å². The monoisotopic (exact) mass is 501 g/mol. The van der Waals surface area contributed by atoms with Crippen LogP contribution in [0.3, 0.4) is 0 Å². The van der Waals surface area contributed by atoms with Gasteiger partial charge in [-0.05, 0) is 18.1 Å². The zero-order valence-electron chi connectivity index (χ0n) is 20.3. The molecular weight excluding hydrogens is 470 g/mol. The van der Waals surface area contributed by atoms with Crippen molar-refractivity contribution >= 4 is 31.2 Å². The van der Waals surface area contributed by atoms with Crippen LogP contribution in [-0.2, 0) is 9.16 Å². The topological polar surface area (TPSA) is 166 Å². The van der Waals surface area contributed by atoms with Crippen LogP contribution in [0.5, 0.6) is 0 Å². The molecule has 0 amide bonds. The van der Waals surface area contributed by atoms with E-state index in [-0.39, 0.29) is 27.7 Å². The lowest BCUT2D eigenvalue weighted by Crippen LogP contribution is -2.59. The van der Waals surface area contributed by atoms with Gasteiger partial charge in [0.05, 0.1) is 12.9 Å². The molecule has 2 aromatic heterocycles. The van der Waals surface area contributed by atoms with Crippen LogP contribution in [0.4, 0.5) is 5.95 Å². The maximum absolute atomic E-state index is 13.7. The molecule has 3 heterocycles. The van der Waals surface area contributed by atoms with Gasteiger partial charge in [0, 0.05) is 5.56 Å².